The third kappa shape index (κ3) is 54.7. The van der Waals surface area contributed by atoms with E-state index in [0.717, 1.165) is 135 Å². The molecule has 0 bridgehead atoms. The largest absolute Gasteiger partial charge is 0.462 e. The molecule has 0 saturated carbocycles. The molecule has 70 heavy (non-hydrogen) atoms. The van der Waals surface area contributed by atoms with Crippen molar-refractivity contribution in [2.24, 2.45) is 0 Å². The second-order valence-electron chi connectivity index (χ2n) is 18.5. The maximum absolute atomic E-state index is 12.8. The van der Waals surface area contributed by atoms with E-state index in [4.69, 9.17) is 14.2 Å². The lowest BCUT2D eigenvalue weighted by atomic mass is 10.1. The van der Waals surface area contributed by atoms with E-state index in [2.05, 4.69) is 142 Å². The summed E-state index contributed by atoms with van der Waals surface area (Å²) in [4.78, 5) is 38.0. The van der Waals surface area contributed by atoms with Crippen LogP contribution in [0.3, 0.4) is 0 Å². The Bertz CT molecular complexity index is 1490. The van der Waals surface area contributed by atoms with Gasteiger partial charge in [0.25, 0.3) is 0 Å². The van der Waals surface area contributed by atoms with Crippen LogP contribution in [-0.4, -0.2) is 37.2 Å². The van der Waals surface area contributed by atoms with Crippen LogP contribution in [0.1, 0.15) is 245 Å². The van der Waals surface area contributed by atoms with E-state index >= 15 is 0 Å². The van der Waals surface area contributed by atoms with Crippen LogP contribution in [0.25, 0.3) is 0 Å². The molecule has 6 heteroatoms. The number of rotatable bonds is 50. The molecular formula is C64H104O6. The monoisotopic (exact) mass is 969 g/mol. The molecule has 0 aromatic heterocycles. The van der Waals surface area contributed by atoms with Crippen molar-refractivity contribution in [2.75, 3.05) is 13.2 Å². The quantitative estimate of drug-likeness (QED) is 0.0262. The van der Waals surface area contributed by atoms with Crippen molar-refractivity contribution in [3.05, 3.63) is 122 Å². The molecule has 0 spiro atoms. The van der Waals surface area contributed by atoms with Crippen molar-refractivity contribution in [2.45, 2.75) is 252 Å². The van der Waals surface area contributed by atoms with Crippen LogP contribution in [0.2, 0.25) is 0 Å². The van der Waals surface area contributed by atoms with Crippen molar-refractivity contribution >= 4 is 17.9 Å². The zero-order valence-electron chi connectivity index (χ0n) is 45.2. The number of ether oxygens (including phenoxy) is 3. The summed E-state index contributed by atoms with van der Waals surface area (Å²) in [6.45, 7) is 6.40. The zero-order valence-corrected chi connectivity index (χ0v) is 45.2. The van der Waals surface area contributed by atoms with Crippen LogP contribution in [-0.2, 0) is 28.6 Å². The molecule has 0 aliphatic rings. The summed E-state index contributed by atoms with van der Waals surface area (Å²) in [5.41, 5.74) is 0. The zero-order chi connectivity index (χ0) is 50.7. The third-order valence-electron chi connectivity index (χ3n) is 11.7. The highest BCUT2D eigenvalue weighted by Gasteiger charge is 2.19. The fourth-order valence-electron chi connectivity index (χ4n) is 7.39. The van der Waals surface area contributed by atoms with Crippen LogP contribution in [0.15, 0.2) is 122 Å². The maximum Gasteiger partial charge on any atom is 0.306 e. The van der Waals surface area contributed by atoms with Crippen LogP contribution in [0.5, 0.6) is 0 Å². The first-order chi connectivity index (χ1) is 34.5. The number of carbonyl (C=O) groups excluding carboxylic acids is 3. The summed E-state index contributed by atoms with van der Waals surface area (Å²) < 4.78 is 16.8. The SMILES string of the molecule is CC/C=C\C/C=C\C/C=C\C/C=C\C/C=C\C/C=C\C/C=C\C/C=C\CCCCC(=O)OCC(COC(=O)CCCCCCC/C=C\CCC)OC(=O)CCCCCCC/C=C\CCCCCCCC. The van der Waals surface area contributed by atoms with Gasteiger partial charge in [-0.05, 0) is 128 Å². The molecular weight excluding hydrogens is 865 g/mol. The molecule has 0 saturated heterocycles. The molecule has 0 aliphatic heterocycles. The van der Waals surface area contributed by atoms with Crippen molar-refractivity contribution in [3.8, 4) is 0 Å². The summed E-state index contributed by atoms with van der Waals surface area (Å²) in [6, 6.07) is 0. The van der Waals surface area contributed by atoms with Crippen molar-refractivity contribution in [1.29, 1.82) is 0 Å². The number of unbranched alkanes of at least 4 members (excludes halogenated alkanes) is 19. The van der Waals surface area contributed by atoms with Gasteiger partial charge in [0.05, 0.1) is 0 Å². The highest BCUT2D eigenvalue weighted by atomic mass is 16.6. The Morgan fingerprint density at radius 2 is 0.586 bits per heavy atom. The molecule has 396 valence electrons. The number of esters is 3. The summed E-state index contributed by atoms with van der Waals surface area (Å²) in [6.07, 6.45) is 79.1. The lowest BCUT2D eigenvalue weighted by molar-refractivity contribution is -0.167. The van der Waals surface area contributed by atoms with E-state index in [1.807, 2.05) is 0 Å². The van der Waals surface area contributed by atoms with Gasteiger partial charge in [-0.1, -0.05) is 219 Å². The van der Waals surface area contributed by atoms with Crippen LogP contribution < -0.4 is 0 Å². The fourth-order valence-corrected chi connectivity index (χ4v) is 7.39. The lowest BCUT2D eigenvalue weighted by Gasteiger charge is -2.18. The highest BCUT2D eigenvalue weighted by molar-refractivity contribution is 5.71. The van der Waals surface area contributed by atoms with Gasteiger partial charge in [-0.25, -0.2) is 0 Å². The van der Waals surface area contributed by atoms with Gasteiger partial charge in [0.15, 0.2) is 6.10 Å². The van der Waals surface area contributed by atoms with E-state index in [1.165, 1.54) is 64.2 Å². The van der Waals surface area contributed by atoms with E-state index in [1.54, 1.807) is 0 Å². The van der Waals surface area contributed by atoms with Gasteiger partial charge in [-0.2, -0.15) is 0 Å². The minimum absolute atomic E-state index is 0.102. The normalized spacial score (nSPS) is 13.0. The molecule has 0 radical (unpaired) electrons. The molecule has 0 N–H and O–H groups in total. The molecule has 0 aromatic carbocycles. The van der Waals surface area contributed by atoms with Gasteiger partial charge < -0.3 is 14.2 Å². The Morgan fingerprint density at radius 3 is 0.971 bits per heavy atom. The first-order valence-corrected chi connectivity index (χ1v) is 28.5. The highest BCUT2D eigenvalue weighted by Crippen LogP contribution is 2.13. The van der Waals surface area contributed by atoms with Crippen molar-refractivity contribution < 1.29 is 28.6 Å². The van der Waals surface area contributed by atoms with Crippen molar-refractivity contribution in [1.82, 2.24) is 0 Å². The number of hydrogen-bond donors (Lipinski definition) is 0. The van der Waals surface area contributed by atoms with Gasteiger partial charge in [0.1, 0.15) is 13.2 Å². The van der Waals surface area contributed by atoms with E-state index in [0.29, 0.717) is 25.7 Å². The first-order valence-electron chi connectivity index (χ1n) is 28.5. The fraction of sp³-hybridized carbons (Fsp3) is 0.641. The summed E-state index contributed by atoms with van der Waals surface area (Å²) in [7, 11) is 0. The molecule has 1 atom stereocenters. The molecule has 0 rings (SSSR count). The summed E-state index contributed by atoms with van der Waals surface area (Å²) >= 11 is 0. The number of hydrogen-bond acceptors (Lipinski definition) is 6. The van der Waals surface area contributed by atoms with Crippen LogP contribution >= 0.6 is 0 Å². The molecule has 0 heterocycles. The van der Waals surface area contributed by atoms with Gasteiger partial charge in [0, 0.05) is 19.3 Å². The Kier molecular flexibility index (Phi) is 54.0. The second kappa shape index (κ2) is 57.4. The van der Waals surface area contributed by atoms with E-state index in [-0.39, 0.29) is 31.1 Å². The van der Waals surface area contributed by atoms with Crippen LogP contribution in [0, 0.1) is 0 Å². The van der Waals surface area contributed by atoms with Crippen LogP contribution in [0.4, 0.5) is 0 Å². The predicted octanol–water partition coefficient (Wildman–Crippen LogP) is 19.3. The second-order valence-corrected chi connectivity index (χ2v) is 18.5. The Labute approximate surface area is 431 Å². The van der Waals surface area contributed by atoms with Gasteiger partial charge >= 0.3 is 17.9 Å². The molecule has 0 aliphatic carbocycles. The molecule has 0 fully saturated rings. The van der Waals surface area contributed by atoms with Gasteiger partial charge in [0.2, 0.25) is 0 Å². The molecule has 6 nitrogen and oxygen atoms in total. The first kappa shape index (κ1) is 65.8. The van der Waals surface area contributed by atoms with E-state index in [9.17, 15) is 14.4 Å². The molecule has 0 aromatic rings. The van der Waals surface area contributed by atoms with Gasteiger partial charge in [-0.15, -0.1) is 0 Å². The van der Waals surface area contributed by atoms with Gasteiger partial charge in [-0.3, -0.25) is 14.4 Å². The predicted molar refractivity (Wildman–Crippen MR) is 302 cm³/mol. The average molecular weight is 970 g/mol. The van der Waals surface area contributed by atoms with Crippen molar-refractivity contribution in [3.63, 3.8) is 0 Å². The topological polar surface area (TPSA) is 78.9 Å². The third-order valence-corrected chi connectivity index (χ3v) is 11.7. The minimum atomic E-state index is -0.806. The molecule has 0 amide bonds. The summed E-state index contributed by atoms with van der Waals surface area (Å²) in [5.74, 6) is -0.970. The number of allylic oxidation sites excluding steroid dienone is 20. The Morgan fingerprint density at radius 1 is 0.300 bits per heavy atom. The smallest absolute Gasteiger partial charge is 0.306 e. The standard InChI is InChI=1S/C64H104O6/c1-4-7-10-13-16-19-22-24-26-27-28-29-30-31-32-33-34-35-36-37-39-40-42-45-48-51-54-57-63(66)69-60-61(59-68-62(65)56-53-50-47-44-21-18-15-12-9-6-3)70-64(67)58-55-52-49-46-43-41-38-25-23-20-17-14-11-8-5-2/h7,10,12,15-16,19,24-26,28-29,31-32,34-35,37-39,42,45,61H,4-6,8-9,11,13-14,17-18,20-23,27,30,33,36,40-41,43-44,46-60H2,1-3H3/b10-7-,15-12-,19-16-,26-24-,29-28-,32-31-,35-34-,38-25-,39-37-,45-42-. The molecule has 1 unspecified atom stereocenters. The minimum Gasteiger partial charge on any atom is -0.462 e. The summed E-state index contributed by atoms with van der Waals surface area (Å²) in [5, 5.41) is 0. The average Bonchev–Trinajstić information content (AvgIpc) is 3.36. The Hall–Kier alpha value is -4.19. The van der Waals surface area contributed by atoms with E-state index < -0.39 is 6.10 Å². The lowest BCUT2D eigenvalue weighted by Crippen LogP contribution is -2.30. The number of carbonyl (C=O) groups is 3. The maximum atomic E-state index is 12.8. The Balaban J connectivity index is 4.39.